The number of pyridine rings is 1. The van der Waals surface area contributed by atoms with Crippen LogP contribution in [0.15, 0.2) is 65.3 Å². The molecule has 0 aliphatic carbocycles. The fourth-order valence-corrected chi connectivity index (χ4v) is 3.58. The van der Waals surface area contributed by atoms with Crippen molar-refractivity contribution in [2.24, 2.45) is 0 Å². The molecular weight excluding hydrogens is 404 g/mol. The fourth-order valence-electron chi connectivity index (χ4n) is 3.25. The zero-order valence-electron chi connectivity index (χ0n) is 14.9. The van der Waals surface area contributed by atoms with Crippen molar-refractivity contribution in [3.05, 3.63) is 76.7 Å². The highest BCUT2D eigenvalue weighted by molar-refractivity contribution is 9.10. The van der Waals surface area contributed by atoms with Crippen LogP contribution in [-0.4, -0.2) is 28.4 Å². The Hall–Kier alpha value is -2.86. The Morgan fingerprint density at radius 3 is 2.78 bits per heavy atom. The first-order valence-electron chi connectivity index (χ1n) is 8.77. The fraction of sp³-hybridized carbons (Fsp3) is 0.143. The van der Waals surface area contributed by atoms with Crippen LogP contribution in [0.1, 0.15) is 16.2 Å². The van der Waals surface area contributed by atoms with E-state index in [2.05, 4.69) is 55.8 Å². The van der Waals surface area contributed by atoms with E-state index in [1.807, 2.05) is 47.9 Å². The number of nitrogens with zero attached hydrogens (tertiary/aromatic N) is 2. The quantitative estimate of drug-likeness (QED) is 0.468. The molecule has 2 N–H and O–H groups in total. The van der Waals surface area contributed by atoms with Crippen LogP contribution in [0.3, 0.4) is 0 Å². The number of anilines is 1. The molecule has 0 atom stereocenters. The van der Waals surface area contributed by atoms with Gasteiger partial charge >= 0.3 is 0 Å². The maximum Gasteiger partial charge on any atom is 0.270 e. The van der Waals surface area contributed by atoms with Gasteiger partial charge in [-0.05, 0) is 46.4 Å². The van der Waals surface area contributed by atoms with Gasteiger partial charge in [0, 0.05) is 34.8 Å². The standard InChI is InChI=1S/C21H19BrN4O/c1-14-20(26-13-16(22)9-10-19(26)25-14)21(27)24-12-11-23-18-8-4-6-15-5-2-3-7-17(15)18/h2-10,13,23H,11-12H2,1H3,(H,24,27). The Bertz CT molecular complexity index is 1130. The van der Waals surface area contributed by atoms with Gasteiger partial charge in [0.25, 0.3) is 5.91 Å². The van der Waals surface area contributed by atoms with Crippen LogP contribution >= 0.6 is 15.9 Å². The number of hydrogen-bond acceptors (Lipinski definition) is 3. The zero-order valence-corrected chi connectivity index (χ0v) is 16.5. The third-order valence-corrected chi connectivity index (χ3v) is 4.96. The maximum atomic E-state index is 12.7. The predicted octanol–water partition coefficient (Wildman–Crippen LogP) is 4.40. The van der Waals surface area contributed by atoms with Crippen LogP contribution < -0.4 is 10.6 Å². The van der Waals surface area contributed by atoms with Gasteiger partial charge < -0.3 is 10.6 Å². The normalized spacial score (nSPS) is 11.0. The zero-order chi connectivity index (χ0) is 18.8. The van der Waals surface area contributed by atoms with Crippen molar-refractivity contribution in [1.29, 1.82) is 0 Å². The number of carbonyl (C=O) groups is 1. The molecule has 27 heavy (non-hydrogen) atoms. The van der Waals surface area contributed by atoms with E-state index < -0.39 is 0 Å². The SMILES string of the molecule is Cc1nc2ccc(Br)cn2c1C(=O)NCCNc1cccc2ccccc12. The molecular formula is C21H19BrN4O. The molecule has 136 valence electrons. The summed E-state index contributed by atoms with van der Waals surface area (Å²) >= 11 is 3.44. The summed E-state index contributed by atoms with van der Waals surface area (Å²) in [5.41, 5.74) is 3.11. The summed E-state index contributed by atoms with van der Waals surface area (Å²) in [6.07, 6.45) is 1.86. The number of carbonyl (C=O) groups excluding carboxylic acids is 1. The third-order valence-electron chi connectivity index (χ3n) is 4.49. The van der Waals surface area contributed by atoms with Crippen LogP contribution in [0, 0.1) is 6.92 Å². The molecule has 0 saturated heterocycles. The van der Waals surface area contributed by atoms with Gasteiger partial charge in [0.05, 0.1) is 5.69 Å². The lowest BCUT2D eigenvalue weighted by Crippen LogP contribution is -2.30. The summed E-state index contributed by atoms with van der Waals surface area (Å²) in [6.45, 7) is 3.01. The highest BCUT2D eigenvalue weighted by Crippen LogP contribution is 2.22. The number of rotatable bonds is 5. The van der Waals surface area contributed by atoms with Crippen molar-refractivity contribution in [1.82, 2.24) is 14.7 Å². The van der Waals surface area contributed by atoms with Gasteiger partial charge in [-0.1, -0.05) is 36.4 Å². The first-order chi connectivity index (χ1) is 13.1. The van der Waals surface area contributed by atoms with E-state index in [1.165, 1.54) is 10.8 Å². The van der Waals surface area contributed by atoms with E-state index >= 15 is 0 Å². The molecule has 2 aromatic carbocycles. The summed E-state index contributed by atoms with van der Waals surface area (Å²) in [5, 5.41) is 8.75. The van der Waals surface area contributed by atoms with Crippen molar-refractivity contribution in [3.63, 3.8) is 0 Å². The van der Waals surface area contributed by atoms with E-state index in [-0.39, 0.29) is 5.91 Å². The van der Waals surface area contributed by atoms with Crippen LogP contribution in [0.2, 0.25) is 0 Å². The summed E-state index contributed by atoms with van der Waals surface area (Å²) < 4.78 is 2.71. The molecule has 2 heterocycles. The van der Waals surface area contributed by atoms with Crippen LogP contribution in [0.5, 0.6) is 0 Å². The minimum atomic E-state index is -0.127. The molecule has 0 bridgehead atoms. The second-order valence-corrected chi connectivity index (χ2v) is 7.25. The minimum absolute atomic E-state index is 0.127. The van der Waals surface area contributed by atoms with Crippen LogP contribution in [-0.2, 0) is 0 Å². The van der Waals surface area contributed by atoms with E-state index in [1.54, 1.807) is 0 Å². The Labute approximate surface area is 165 Å². The second-order valence-electron chi connectivity index (χ2n) is 6.33. The number of imidazole rings is 1. The van der Waals surface area contributed by atoms with Crippen molar-refractivity contribution < 1.29 is 4.79 Å². The van der Waals surface area contributed by atoms with E-state index in [9.17, 15) is 4.79 Å². The number of hydrogen-bond donors (Lipinski definition) is 2. The molecule has 0 aliphatic rings. The summed E-state index contributed by atoms with van der Waals surface area (Å²) in [5.74, 6) is -0.127. The Kier molecular flexibility index (Phi) is 4.81. The monoisotopic (exact) mass is 422 g/mol. The lowest BCUT2D eigenvalue weighted by molar-refractivity contribution is 0.0948. The van der Waals surface area contributed by atoms with Gasteiger partial charge in [-0.15, -0.1) is 0 Å². The summed E-state index contributed by atoms with van der Waals surface area (Å²) in [4.78, 5) is 17.1. The number of benzene rings is 2. The van der Waals surface area contributed by atoms with E-state index in [0.717, 1.165) is 15.8 Å². The Morgan fingerprint density at radius 1 is 1.07 bits per heavy atom. The summed E-state index contributed by atoms with van der Waals surface area (Å²) in [7, 11) is 0. The first-order valence-corrected chi connectivity index (χ1v) is 9.57. The number of nitrogens with one attached hydrogen (secondary N) is 2. The molecule has 0 radical (unpaired) electrons. The number of aromatic nitrogens is 2. The lowest BCUT2D eigenvalue weighted by atomic mass is 10.1. The molecule has 2 aromatic heterocycles. The van der Waals surface area contributed by atoms with Crippen molar-refractivity contribution in [2.75, 3.05) is 18.4 Å². The highest BCUT2D eigenvalue weighted by atomic mass is 79.9. The Morgan fingerprint density at radius 2 is 1.89 bits per heavy atom. The van der Waals surface area contributed by atoms with Gasteiger partial charge in [-0.3, -0.25) is 9.20 Å². The average Bonchev–Trinajstić information content (AvgIpc) is 3.00. The van der Waals surface area contributed by atoms with Gasteiger partial charge in [-0.25, -0.2) is 4.98 Å². The molecule has 0 fully saturated rings. The number of aryl methyl sites for hydroxylation is 1. The van der Waals surface area contributed by atoms with Crippen LogP contribution in [0.4, 0.5) is 5.69 Å². The van der Waals surface area contributed by atoms with Gasteiger partial charge in [-0.2, -0.15) is 0 Å². The number of halogens is 1. The minimum Gasteiger partial charge on any atom is -0.383 e. The van der Waals surface area contributed by atoms with Gasteiger partial charge in [0.1, 0.15) is 11.3 Å². The largest absolute Gasteiger partial charge is 0.383 e. The van der Waals surface area contributed by atoms with E-state index in [0.29, 0.717) is 24.5 Å². The number of fused-ring (bicyclic) bond motifs is 2. The average molecular weight is 423 g/mol. The Balaban J connectivity index is 1.43. The number of amides is 1. The molecule has 6 heteroatoms. The molecule has 0 saturated carbocycles. The van der Waals surface area contributed by atoms with Crippen molar-refractivity contribution in [2.45, 2.75) is 6.92 Å². The van der Waals surface area contributed by atoms with Gasteiger partial charge in [0.2, 0.25) is 0 Å². The second kappa shape index (κ2) is 7.40. The van der Waals surface area contributed by atoms with Crippen molar-refractivity contribution in [3.8, 4) is 0 Å². The molecule has 0 aliphatic heterocycles. The first kappa shape index (κ1) is 17.5. The molecule has 4 rings (SSSR count). The predicted molar refractivity (Wildman–Crippen MR) is 112 cm³/mol. The molecule has 5 nitrogen and oxygen atoms in total. The van der Waals surface area contributed by atoms with Crippen LogP contribution in [0.25, 0.3) is 16.4 Å². The van der Waals surface area contributed by atoms with Crippen molar-refractivity contribution >= 4 is 43.9 Å². The van der Waals surface area contributed by atoms with Gasteiger partial charge in [0.15, 0.2) is 0 Å². The molecule has 0 spiro atoms. The topological polar surface area (TPSA) is 58.4 Å². The molecule has 1 amide bonds. The third kappa shape index (κ3) is 3.53. The van der Waals surface area contributed by atoms with E-state index in [4.69, 9.17) is 0 Å². The lowest BCUT2D eigenvalue weighted by Gasteiger charge is -2.11. The summed E-state index contributed by atoms with van der Waals surface area (Å²) in [6, 6.07) is 18.2. The molecule has 4 aromatic rings. The smallest absolute Gasteiger partial charge is 0.270 e. The molecule has 0 unspecified atom stereocenters. The maximum absolute atomic E-state index is 12.7. The highest BCUT2D eigenvalue weighted by Gasteiger charge is 2.16.